The van der Waals surface area contributed by atoms with Crippen molar-refractivity contribution in [3.63, 3.8) is 0 Å². The van der Waals surface area contributed by atoms with E-state index in [0.717, 1.165) is 25.3 Å². The van der Waals surface area contributed by atoms with Gasteiger partial charge in [-0.15, -0.1) is 0 Å². The molecule has 1 aromatic rings. The van der Waals surface area contributed by atoms with Crippen LogP contribution < -0.4 is 4.90 Å². The lowest BCUT2D eigenvalue weighted by Gasteiger charge is -2.24. The quantitative estimate of drug-likeness (QED) is 0.831. The lowest BCUT2D eigenvalue weighted by molar-refractivity contribution is 0.294. The monoisotopic (exact) mass is 286 g/mol. The Morgan fingerprint density at radius 1 is 1.11 bits per heavy atom. The molecule has 0 amide bonds. The van der Waals surface area contributed by atoms with Gasteiger partial charge in [0.15, 0.2) is 0 Å². The van der Waals surface area contributed by atoms with E-state index in [9.17, 15) is 0 Å². The van der Waals surface area contributed by atoms with E-state index in [0.29, 0.717) is 10.0 Å². The maximum atomic E-state index is 6.29. The molecule has 1 saturated heterocycles. The molecule has 0 N–H and O–H groups in total. The largest absolute Gasteiger partial charge is 0.369 e. The Bertz CT molecular complexity index is 395. The highest BCUT2D eigenvalue weighted by atomic mass is 35.5. The molecule has 0 saturated carbocycles. The molecule has 0 spiro atoms. The number of benzene rings is 1. The Balaban J connectivity index is 2.07. The van der Waals surface area contributed by atoms with E-state index in [4.69, 9.17) is 23.2 Å². The summed E-state index contributed by atoms with van der Waals surface area (Å²) in [6.07, 6.45) is 2.40. The zero-order chi connectivity index (χ0) is 13.0. The second-order valence-electron chi connectivity index (χ2n) is 4.76. The molecule has 2 rings (SSSR count). The zero-order valence-corrected chi connectivity index (χ0v) is 12.3. The highest BCUT2D eigenvalue weighted by Crippen LogP contribution is 2.32. The standard InChI is InChI=1S/C14H20Cl2N2/c1-2-7-17-8-4-9-18(11-10-17)13-6-3-5-12(15)14(13)16/h3,5-6H,2,4,7-11H2,1H3. The molecule has 1 aliphatic rings. The molecule has 2 nitrogen and oxygen atoms in total. The molecule has 0 bridgehead atoms. The summed E-state index contributed by atoms with van der Waals surface area (Å²) in [5.74, 6) is 0. The minimum atomic E-state index is 0.642. The number of halogens is 2. The average molecular weight is 287 g/mol. The van der Waals surface area contributed by atoms with Crippen LogP contribution in [0, 0.1) is 0 Å². The highest BCUT2D eigenvalue weighted by molar-refractivity contribution is 6.43. The Labute approximate surface area is 119 Å². The van der Waals surface area contributed by atoms with Gasteiger partial charge in [-0.2, -0.15) is 0 Å². The zero-order valence-electron chi connectivity index (χ0n) is 10.8. The number of rotatable bonds is 3. The number of anilines is 1. The Morgan fingerprint density at radius 3 is 2.72 bits per heavy atom. The van der Waals surface area contributed by atoms with Crippen molar-refractivity contribution in [2.24, 2.45) is 0 Å². The Morgan fingerprint density at radius 2 is 1.94 bits per heavy atom. The molecular weight excluding hydrogens is 267 g/mol. The van der Waals surface area contributed by atoms with Crippen molar-refractivity contribution >= 4 is 28.9 Å². The van der Waals surface area contributed by atoms with Crippen LogP contribution in [0.1, 0.15) is 19.8 Å². The summed E-state index contributed by atoms with van der Waals surface area (Å²) in [6, 6.07) is 5.87. The van der Waals surface area contributed by atoms with Crippen molar-refractivity contribution in [2.75, 3.05) is 37.6 Å². The third kappa shape index (κ3) is 3.31. The van der Waals surface area contributed by atoms with Gasteiger partial charge in [-0.1, -0.05) is 36.2 Å². The normalized spacial score (nSPS) is 17.8. The van der Waals surface area contributed by atoms with Gasteiger partial charge in [0.25, 0.3) is 0 Å². The van der Waals surface area contributed by atoms with E-state index in [1.54, 1.807) is 0 Å². The van der Waals surface area contributed by atoms with Crippen LogP contribution in [0.15, 0.2) is 18.2 Å². The van der Waals surface area contributed by atoms with E-state index < -0.39 is 0 Å². The molecule has 0 aliphatic carbocycles. The second kappa shape index (κ2) is 6.65. The number of nitrogens with zero attached hydrogens (tertiary/aromatic N) is 2. The molecule has 100 valence electrons. The minimum Gasteiger partial charge on any atom is -0.369 e. The first-order chi connectivity index (χ1) is 8.72. The second-order valence-corrected chi connectivity index (χ2v) is 5.54. The molecule has 0 atom stereocenters. The predicted octanol–water partition coefficient (Wildman–Crippen LogP) is 3.92. The molecule has 18 heavy (non-hydrogen) atoms. The van der Waals surface area contributed by atoms with E-state index in [1.807, 2.05) is 12.1 Å². The van der Waals surface area contributed by atoms with E-state index in [2.05, 4.69) is 22.8 Å². The molecule has 1 heterocycles. The summed E-state index contributed by atoms with van der Waals surface area (Å²) < 4.78 is 0. The smallest absolute Gasteiger partial charge is 0.0825 e. The van der Waals surface area contributed by atoms with E-state index >= 15 is 0 Å². The van der Waals surface area contributed by atoms with Crippen LogP contribution >= 0.6 is 23.2 Å². The molecule has 4 heteroatoms. The fourth-order valence-corrected chi connectivity index (χ4v) is 2.90. The first kappa shape index (κ1) is 14.0. The molecule has 0 unspecified atom stereocenters. The van der Waals surface area contributed by atoms with Crippen LogP contribution in [0.3, 0.4) is 0 Å². The van der Waals surface area contributed by atoms with Gasteiger partial charge < -0.3 is 9.80 Å². The lowest BCUT2D eigenvalue weighted by atomic mass is 10.2. The van der Waals surface area contributed by atoms with Gasteiger partial charge >= 0.3 is 0 Å². The summed E-state index contributed by atoms with van der Waals surface area (Å²) in [6.45, 7) is 7.80. The summed E-state index contributed by atoms with van der Waals surface area (Å²) in [4.78, 5) is 4.88. The Kier molecular flexibility index (Phi) is 5.16. The Hall–Kier alpha value is -0.440. The van der Waals surface area contributed by atoms with Gasteiger partial charge in [0.2, 0.25) is 0 Å². The first-order valence-corrected chi connectivity index (χ1v) is 7.39. The van der Waals surface area contributed by atoms with Crippen molar-refractivity contribution < 1.29 is 0 Å². The van der Waals surface area contributed by atoms with Crippen molar-refractivity contribution in [1.82, 2.24) is 4.90 Å². The van der Waals surface area contributed by atoms with Gasteiger partial charge in [0, 0.05) is 19.6 Å². The third-order valence-corrected chi connectivity index (χ3v) is 4.21. The molecule has 1 aliphatic heterocycles. The minimum absolute atomic E-state index is 0.642. The molecular formula is C14H20Cl2N2. The van der Waals surface area contributed by atoms with Crippen LogP contribution in [-0.2, 0) is 0 Å². The first-order valence-electron chi connectivity index (χ1n) is 6.63. The summed E-state index contributed by atoms with van der Waals surface area (Å²) in [5, 5.41) is 1.33. The maximum Gasteiger partial charge on any atom is 0.0825 e. The van der Waals surface area contributed by atoms with E-state index in [1.165, 1.54) is 25.9 Å². The molecule has 0 radical (unpaired) electrons. The van der Waals surface area contributed by atoms with Gasteiger partial charge in [0.1, 0.15) is 0 Å². The van der Waals surface area contributed by atoms with Crippen LogP contribution in [0.2, 0.25) is 10.0 Å². The fraction of sp³-hybridized carbons (Fsp3) is 0.571. The highest BCUT2D eigenvalue weighted by Gasteiger charge is 2.17. The van der Waals surface area contributed by atoms with Crippen molar-refractivity contribution in [2.45, 2.75) is 19.8 Å². The SMILES string of the molecule is CCCN1CCCN(c2cccc(Cl)c2Cl)CC1. The van der Waals surface area contributed by atoms with Crippen LogP contribution in [0.4, 0.5) is 5.69 Å². The van der Waals surface area contributed by atoms with Gasteiger partial charge in [-0.3, -0.25) is 0 Å². The molecule has 1 fully saturated rings. The lowest BCUT2D eigenvalue weighted by Crippen LogP contribution is -2.31. The van der Waals surface area contributed by atoms with Crippen molar-refractivity contribution in [1.29, 1.82) is 0 Å². The maximum absolute atomic E-state index is 6.29. The van der Waals surface area contributed by atoms with Gasteiger partial charge in [-0.05, 0) is 38.1 Å². The summed E-state index contributed by atoms with van der Waals surface area (Å²) >= 11 is 12.4. The summed E-state index contributed by atoms with van der Waals surface area (Å²) in [5.41, 5.74) is 1.07. The third-order valence-electron chi connectivity index (χ3n) is 3.40. The predicted molar refractivity (Wildman–Crippen MR) is 80.0 cm³/mol. The van der Waals surface area contributed by atoms with Crippen molar-refractivity contribution in [3.8, 4) is 0 Å². The number of hydrogen-bond acceptors (Lipinski definition) is 2. The summed E-state index contributed by atoms with van der Waals surface area (Å²) in [7, 11) is 0. The van der Waals surface area contributed by atoms with Gasteiger partial charge in [-0.25, -0.2) is 0 Å². The number of hydrogen-bond donors (Lipinski definition) is 0. The van der Waals surface area contributed by atoms with Crippen LogP contribution in [-0.4, -0.2) is 37.6 Å². The average Bonchev–Trinajstić information content (AvgIpc) is 2.59. The van der Waals surface area contributed by atoms with Crippen LogP contribution in [0.25, 0.3) is 0 Å². The molecule has 0 aromatic heterocycles. The fourth-order valence-electron chi connectivity index (χ4n) is 2.49. The topological polar surface area (TPSA) is 6.48 Å². The molecule has 1 aromatic carbocycles. The van der Waals surface area contributed by atoms with Crippen LogP contribution in [0.5, 0.6) is 0 Å². The van der Waals surface area contributed by atoms with Gasteiger partial charge in [0.05, 0.1) is 15.7 Å². The van der Waals surface area contributed by atoms with Crippen molar-refractivity contribution in [3.05, 3.63) is 28.2 Å². The van der Waals surface area contributed by atoms with E-state index in [-0.39, 0.29) is 0 Å².